The zero-order valence-electron chi connectivity index (χ0n) is 12.0. The van der Waals surface area contributed by atoms with Crippen LogP contribution in [0.15, 0.2) is 18.2 Å². The highest BCUT2D eigenvalue weighted by Gasteiger charge is 2.27. The molecular formula is C14H18FN3O3. The second-order valence-electron chi connectivity index (χ2n) is 5.44. The number of nitro groups is 1. The van der Waals surface area contributed by atoms with Gasteiger partial charge in [0.05, 0.1) is 4.92 Å². The summed E-state index contributed by atoms with van der Waals surface area (Å²) in [4.78, 5) is 24.6. The molecule has 7 heteroatoms. The van der Waals surface area contributed by atoms with Crippen LogP contribution >= 0.6 is 0 Å². The van der Waals surface area contributed by atoms with Gasteiger partial charge in [-0.05, 0) is 38.9 Å². The van der Waals surface area contributed by atoms with Crippen molar-refractivity contribution in [2.24, 2.45) is 0 Å². The van der Waals surface area contributed by atoms with E-state index in [0.717, 1.165) is 37.6 Å². The number of halogens is 1. The molecule has 0 aliphatic carbocycles. The molecule has 6 nitrogen and oxygen atoms in total. The summed E-state index contributed by atoms with van der Waals surface area (Å²) >= 11 is 0. The first kappa shape index (κ1) is 15.4. The number of carbonyl (C=O) groups excluding carboxylic acids is 1. The molecule has 0 bridgehead atoms. The van der Waals surface area contributed by atoms with Crippen molar-refractivity contribution >= 4 is 11.6 Å². The van der Waals surface area contributed by atoms with Crippen LogP contribution in [0.3, 0.4) is 0 Å². The number of nitro benzene ring substituents is 1. The van der Waals surface area contributed by atoms with Crippen LogP contribution in [0.1, 0.15) is 30.1 Å². The van der Waals surface area contributed by atoms with E-state index < -0.39 is 16.6 Å². The molecule has 0 radical (unpaired) electrons. The van der Waals surface area contributed by atoms with Gasteiger partial charge in [0.2, 0.25) is 0 Å². The van der Waals surface area contributed by atoms with E-state index in [2.05, 4.69) is 17.1 Å². The van der Waals surface area contributed by atoms with Gasteiger partial charge in [0.1, 0.15) is 11.4 Å². The Bertz CT molecular complexity index is 564. The van der Waals surface area contributed by atoms with Crippen LogP contribution in [-0.2, 0) is 0 Å². The van der Waals surface area contributed by atoms with Crippen molar-refractivity contribution in [3.63, 3.8) is 0 Å². The van der Waals surface area contributed by atoms with Crippen molar-refractivity contribution in [2.75, 3.05) is 13.6 Å². The van der Waals surface area contributed by atoms with Gasteiger partial charge in [-0.25, -0.2) is 4.39 Å². The highest BCUT2D eigenvalue weighted by Crippen LogP contribution is 2.21. The standard InChI is InChI=1S/C14H18FN3O3/c1-9-7-11(5-6-17(9)2)16-14(19)12-8-10(15)3-4-13(12)18(20)21/h3-4,8-9,11H,5-7H2,1-2H3,(H,16,19). The number of hydrogen-bond acceptors (Lipinski definition) is 4. The molecular weight excluding hydrogens is 277 g/mol. The van der Waals surface area contributed by atoms with E-state index in [1.165, 1.54) is 0 Å². The fraction of sp³-hybridized carbons (Fsp3) is 0.500. The molecule has 1 heterocycles. The second kappa shape index (κ2) is 6.17. The summed E-state index contributed by atoms with van der Waals surface area (Å²) in [5, 5.41) is 13.7. The maximum Gasteiger partial charge on any atom is 0.282 e. The summed E-state index contributed by atoms with van der Waals surface area (Å²) in [7, 11) is 2.01. The van der Waals surface area contributed by atoms with Gasteiger partial charge in [-0.2, -0.15) is 0 Å². The average molecular weight is 295 g/mol. The van der Waals surface area contributed by atoms with E-state index in [4.69, 9.17) is 0 Å². The van der Waals surface area contributed by atoms with Gasteiger partial charge < -0.3 is 10.2 Å². The summed E-state index contributed by atoms with van der Waals surface area (Å²) in [6.07, 6.45) is 1.54. The van der Waals surface area contributed by atoms with E-state index in [1.54, 1.807) is 0 Å². The molecule has 1 N–H and O–H groups in total. The molecule has 1 amide bonds. The molecule has 2 unspecified atom stereocenters. The molecule has 1 aromatic carbocycles. The molecule has 1 saturated heterocycles. The Morgan fingerprint density at radius 2 is 2.24 bits per heavy atom. The highest BCUT2D eigenvalue weighted by atomic mass is 19.1. The highest BCUT2D eigenvalue weighted by molar-refractivity contribution is 5.98. The molecule has 21 heavy (non-hydrogen) atoms. The predicted molar refractivity (Wildman–Crippen MR) is 75.6 cm³/mol. The van der Waals surface area contributed by atoms with Gasteiger partial charge in [0.25, 0.3) is 11.6 Å². The zero-order valence-corrected chi connectivity index (χ0v) is 12.0. The van der Waals surface area contributed by atoms with Crippen LogP contribution < -0.4 is 5.32 Å². The maximum atomic E-state index is 13.3. The molecule has 1 aliphatic rings. The fourth-order valence-corrected chi connectivity index (χ4v) is 2.53. The van der Waals surface area contributed by atoms with Gasteiger partial charge in [-0.3, -0.25) is 14.9 Å². The first-order valence-corrected chi connectivity index (χ1v) is 6.83. The second-order valence-corrected chi connectivity index (χ2v) is 5.44. The third-order valence-corrected chi connectivity index (χ3v) is 3.94. The van der Waals surface area contributed by atoms with E-state index >= 15 is 0 Å². The number of nitrogens with one attached hydrogen (secondary N) is 1. The van der Waals surface area contributed by atoms with E-state index in [-0.39, 0.29) is 17.3 Å². The van der Waals surface area contributed by atoms with Crippen LogP contribution in [-0.4, -0.2) is 41.4 Å². The monoisotopic (exact) mass is 295 g/mol. The number of piperidine rings is 1. The number of rotatable bonds is 3. The zero-order chi connectivity index (χ0) is 15.6. The van der Waals surface area contributed by atoms with Crippen molar-refractivity contribution in [1.82, 2.24) is 10.2 Å². The smallest absolute Gasteiger partial charge is 0.282 e. The van der Waals surface area contributed by atoms with E-state index in [9.17, 15) is 19.3 Å². The molecule has 1 aliphatic heterocycles. The van der Waals surface area contributed by atoms with Crippen LogP contribution in [0.2, 0.25) is 0 Å². The van der Waals surface area contributed by atoms with Gasteiger partial charge in [0, 0.05) is 24.7 Å². The number of likely N-dealkylation sites (tertiary alicyclic amines) is 1. The lowest BCUT2D eigenvalue weighted by Crippen LogP contribution is -2.47. The number of hydrogen-bond donors (Lipinski definition) is 1. The predicted octanol–water partition coefficient (Wildman–Crippen LogP) is 1.95. The summed E-state index contributed by atoms with van der Waals surface area (Å²) in [6, 6.07) is 3.18. The van der Waals surface area contributed by atoms with E-state index in [0.29, 0.717) is 6.04 Å². The number of benzene rings is 1. The Hall–Kier alpha value is -2.02. The number of amides is 1. The molecule has 1 aromatic rings. The fourth-order valence-electron chi connectivity index (χ4n) is 2.53. The summed E-state index contributed by atoms with van der Waals surface area (Å²) in [5.41, 5.74) is -0.610. The lowest BCUT2D eigenvalue weighted by Gasteiger charge is -2.35. The van der Waals surface area contributed by atoms with Crippen molar-refractivity contribution < 1.29 is 14.1 Å². The Morgan fingerprint density at radius 1 is 1.52 bits per heavy atom. The third-order valence-electron chi connectivity index (χ3n) is 3.94. The number of nitrogens with zero attached hydrogens (tertiary/aromatic N) is 2. The minimum absolute atomic E-state index is 0.0495. The van der Waals surface area contributed by atoms with Crippen LogP contribution in [0, 0.1) is 15.9 Å². The van der Waals surface area contributed by atoms with Gasteiger partial charge >= 0.3 is 0 Å². The lowest BCUT2D eigenvalue weighted by atomic mass is 9.98. The Balaban J connectivity index is 2.13. The Labute approximate surface area is 122 Å². The first-order valence-electron chi connectivity index (χ1n) is 6.83. The quantitative estimate of drug-likeness (QED) is 0.683. The van der Waals surface area contributed by atoms with Crippen molar-refractivity contribution in [2.45, 2.75) is 31.8 Å². The van der Waals surface area contributed by atoms with Gasteiger partial charge in [0.15, 0.2) is 0 Å². The molecule has 2 atom stereocenters. The van der Waals surface area contributed by atoms with Crippen molar-refractivity contribution in [3.05, 3.63) is 39.7 Å². The molecule has 1 fully saturated rings. The number of carbonyl (C=O) groups is 1. The summed E-state index contributed by atoms with van der Waals surface area (Å²) in [5.74, 6) is -1.26. The van der Waals surface area contributed by atoms with Crippen molar-refractivity contribution in [3.8, 4) is 0 Å². The largest absolute Gasteiger partial charge is 0.349 e. The summed E-state index contributed by atoms with van der Waals surface area (Å²) in [6.45, 7) is 2.90. The Morgan fingerprint density at radius 3 is 2.86 bits per heavy atom. The molecule has 114 valence electrons. The summed E-state index contributed by atoms with van der Waals surface area (Å²) < 4.78 is 13.3. The molecule has 0 spiro atoms. The average Bonchev–Trinajstić information content (AvgIpc) is 2.42. The molecule has 2 rings (SSSR count). The van der Waals surface area contributed by atoms with Crippen LogP contribution in [0.25, 0.3) is 0 Å². The minimum Gasteiger partial charge on any atom is -0.349 e. The normalized spacial score (nSPS) is 22.8. The third kappa shape index (κ3) is 3.55. The molecule has 0 aromatic heterocycles. The van der Waals surface area contributed by atoms with Crippen LogP contribution in [0.5, 0.6) is 0 Å². The maximum absolute atomic E-state index is 13.3. The SMILES string of the molecule is CC1CC(NC(=O)c2cc(F)ccc2[N+](=O)[O-])CCN1C. The van der Waals surface area contributed by atoms with Gasteiger partial charge in [-0.1, -0.05) is 0 Å². The van der Waals surface area contributed by atoms with Crippen molar-refractivity contribution in [1.29, 1.82) is 0 Å². The van der Waals surface area contributed by atoms with Gasteiger partial charge in [-0.15, -0.1) is 0 Å². The van der Waals surface area contributed by atoms with Crippen LogP contribution in [0.4, 0.5) is 10.1 Å². The first-order chi connectivity index (χ1) is 9.88. The minimum atomic E-state index is -0.675. The molecule has 0 saturated carbocycles. The van der Waals surface area contributed by atoms with E-state index in [1.807, 2.05) is 7.05 Å². The Kier molecular flexibility index (Phi) is 4.52. The topological polar surface area (TPSA) is 75.5 Å². The lowest BCUT2D eigenvalue weighted by molar-refractivity contribution is -0.385.